The number of imidazole rings is 1. The van der Waals surface area contributed by atoms with Crippen molar-refractivity contribution in [2.24, 2.45) is 0 Å². The topological polar surface area (TPSA) is 17.3 Å². The van der Waals surface area contributed by atoms with Crippen molar-refractivity contribution in [2.45, 2.75) is 6.67 Å². The Morgan fingerprint density at radius 1 is 1.42 bits per heavy atom. The van der Waals surface area contributed by atoms with E-state index < -0.39 is 6.67 Å². The summed E-state index contributed by atoms with van der Waals surface area (Å²) < 4.78 is 14.9. The average molecular weight is 229 g/mol. The van der Waals surface area contributed by atoms with E-state index in [4.69, 9.17) is 0 Å². The first-order chi connectivity index (χ1) is 5.79. The molecule has 2 aromatic heterocycles. The molecule has 0 spiro atoms. The van der Waals surface area contributed by atoms with E-state index in [1.807, 2.05) is 18.3 Å². The van der Waals surface area contributed by atoms with Crippen LogP contribution >= 0.6 is 15.9 Å². The molecule has 0 aliphatic heterocycles. The lowest BCUT2D eigenvalue weighted by molar-refractivity contribution is 0.477. The number of hydrogen-bond donors (Lipinski definition) is 0. The third kappa shape index (κ3) is 1.22. The fourth-order valence-corrected chi connectivity index (χ4v) is 1.43. The van der Waals surface area contributed by atoms with Crippen LogP contribution in [0.4, 0.5) is 4.39 Å². The van der Waals surface area contributed by atoms with Crippen LogP contribution in [0.2, 0.25) is 0 Å². The molecule has 0 radical (unpaired) electrons. The van der Waals surface area contributed by atoms with Crippen LogP contribution in [0.1, 0.15) is 5.69 Å². The van der Waals surface area contributed by atoms with E-state index in [-0.39, 0.29) is 0 Å². The highest BCUT2D eigenvalue weighted by Crippen LogP contribution is 2.12. The molecule has 2 nitrogen and oxygen atoms in total. The highest BCUT2D eigenvalue weighted by atomic mass is 79.9. The van der Waals surface area contributed by atoms with Gasteiger partial charge in [-0.25, -0.2) is 9.37 Å². The Morgan fingerprint density at radius 3 is 3.00 bits per heavy atom. The molecule has 0 saturated heterocycles. The van der Waals surface area contributed by atoms with Crippen molar-refractivity contribution in [3.05, 3.63) is 34.7 Å². The van der Waals surface area contributed by atoms with Gasteiger partial charge in [0.1, 0.15) is 12.3 Å². The molecular weight excluding hydrogens is 223 g/mol. The van der Waals surface area contributed by atoms with Gasteiger partial charge >= 0.3 is 0 Å². The van der Waals surface area contributed by atoms with Gasteiger partial charge in [0.15, 0.2) is 0 Å². The fourth-order valence-electron chi connectivity index (χ4n) is 1.08. The lowest BCUT2D eigenvalue weighted by Crippen LogP contribution is -1.80. The smallest absolute Gasteiger partial charge is 0.137 e. The molecule has 2 heterocycles. The molecule has 62 valence electrons. The van der Waals surface area contributed by atoms with Crippen molar-refractivity contribution in [1.29, 1.82) is 0 Å². The highest BCUT2D eigenvalue weighted by Gasteiger charge is 1.99. The van der Waals surface area contributed by atoms with Crippen LogP contribution in [0.5, 0.6) is 0 Å². The maximum Gasteiger partial charge on any atom is 0.137 e. The zero-order valence-corrected chi connectivity index (χ0v) is 7.75. The molecule has 0 saturated carbocycles. The maximum absolute atomic E-state index is 12.2. The second-order valence-corrected chi connectivity index (χ2v) is 3.39. The monoisotopic (exact) mass is 228 g/mol. The first-order valence-electron chi connectivity index (χ1n) is 3.49. The van der Waals surface area contributed by atoms with Crippen LogP contribution in [-0.2, 0) is 6.67 Å². The molecule has 0 atom stereocenters. The first kappa shape index (κ1) is 7.73. The second-order valence-electron chi connectivity index (χ2n) is 2.48. The zero-order valence-electron chi connectivity index (χ0n) is 6.17. The van der Waals surface area contributed by atoms with Crippen molar-refractivity contribution in [3.63, 3.8) is 0 Å². The van der Waals surface area contributed by atoms with Crippen LogP contribution < -0.4 is 0 Å². The van der Waals surface area contributed by atoms with Gasteiger partial charge in [-0.3, -0.25) is 0 Å². The molecule has 0 fully saturated rings. The van der Waals surface area contributed by atoms with Gasteiger partial charge < -0.3 is 4.40 Å². The summed E-state index contributed by atoms with van der Waals surface area (Å²) in [6.45, 7) is -0.515. The summed E-state index contributed by atoms with van der Waals surface area (Å²) in [4.78, 5) is 4.04. The number of alkyl halides is 1. The standard InChI is InChI=1S/C8H6BrFN2/c9-6-1-2-8-11-7(3-10)5-12(8)4-6/h1-2,4-5H,3H2. The summed E-state index contributed by atoms with van der Waals surface area (Å²) in [6.07, 6.45) is 3.53. The van der Waals surface area contributed by atoms with Gasteiger partial charge in [0.05, 0.1) is 5.69 Å². The van der Waals surface area contributed by atoms with Crippen LogP contribution in [0.25, 0.3) is 5.65 Å². The Bertz CT molecular complexity index is 410. The summed E-state index contributed by atoms with van der Waals surface area (Å²) in [5.74, 6) is 0. The number of rotatable bonds is 1. The van der Waals surface area contributed by atoms with Gasteiger partial charge in [-0.15, -0.1) is 0 Å². The Kier molecular flexibility index (Phi) is 1.84. The molecule has 0 aliphatic rings. The van der Waals surface area contributed by atoms with Crippen LogP contribution in [0.3, 0.4) is 0 Å². The molecule has 2 rings (SSSR count). The molecule has 12 heavy (non-hydrogen) atoms. The maximum atomic E-state index is 12.2. The molecular formula is C8H6BrFN2. The molecule has 0 bridgehead atoms. The Balaban J connectivity index is 2.67. The minimum atomic E-state index is -0.515. The predicted octanol–water partition coefficient (Wildman–Crippen LogP) is 2.57. The van der Waals surface area contributed by atoms with E-state index >= 15 is 0 Å². The Labute approximate surface area is 77.2 Å². The average Bonchev–Trinajstić information content (AvgIpc) is 2.46. The molecule has 0 unspecified atom stereocenters. The van der Waals surface area contributed by atoms with Crippen molar-refractivity contribution in [3.8, 4) is 0 Å². The van der Waals surface area contributed by atoms with E-state index in [1.165, 1.54) is 0 Å². The summed E-state index contributed by atoms with van der Waals surface area (Å²) in [6, 6.07) is 3.72. The predicted molar refractivity (Wildman–Crippen MR) is 47.7 cm³/mol. The van der Waals surface area contributed by atoms with Crippen LogP contribution in [0, 0.1) is 0 Å². The number of pyridine rings is 1. The van der Waals surface area contributed by atoms with Gasteiger partial charge in [0, 0.05) is 16.9 Å². The minimum absolute atomic E-state index is 0.466. The van der Waals surface area contributed by atoms with Gasteiger partial charge in [-0.05, 0) is 28.1 Å². The Morgan fingerprint density at radius 2 is 2.25 bits per heavy atom. The highest BCUT2D eigenvalue weighted by molar-refractivity contribution is 9.10. The minimum Gasteiger partial charge on any atom is -0.306 e. The Hall–Kier alpha value is -0.900. The molecule has 0 amide bonds. The number of halogens is 2. The van der Waals surface area contributed by atoms with E-state index in [0.717, 1.165) is 10.1 Å². The normalized spacial score (nSPS) is 10.8. The van der Waals surface area contributed by atoms with E-state index in [9.17, 15) is 4.39 Å². The molecule has 0 N–H and O–H groups in total. The summed E-state index contributed by atoms with van der Waals surface area (Å²) in [7, 11) is 0. The van der Waals surface area contributed by atoms with E-state index in [1.54, 1.807) is 10.6 Å². The summed E-state index contributed by atoms with van der Waals surface area (Å²) in [5, 5.41) is 0. The van der Waals surface area contributed by atoms with Crippen molar-refractivity contribution < 1.29 is 4.39 Å². The van der Waals surface area contributed by atoms with E-state index in [0.29, 0.717) is 5.69 Å². The second kappa shape index (κ2) is 2.86. The number of nitrogens with zero attached hydrogens (tertiary/aromatic N) is 2. The zero-order chi connectivity index (χ0) is 8.55. The van der Waals surface area contributed by atoms with Crippen LogP contribution in [0.15, 0.2) is 29.0 Å². The van der Waals surface area contributed by atoms with Crippen LogP contribution in [-0.4, -0.2) is 9.38 Å². The third-order valence-electron chi connectivity index (χ3n) is 1.60. The number of hydrogen-bond acceptors (Lipinski definition) is 1. The largest absolute Gasteiger partial charge is 0.306 e. The van der Waals surface area contributed by atoms with Crippen molar-refractivity contribution in [2.75, 3.05) is 0 Å². The van der Waals surface area contributed by atoms with E-state index in [2.05, 4.69) is 20.9 Å². The van der Waals surface area contributed by atoms with Gasteiger partial charge in [0.25, 0.3) is 0 Å². The first-order valence-corrected chi connectivity index (χ1v) is 4.28. The SMILES string of the molecule is FCc1cn2cc(Br)ccc2n1. The number of fused-ring (bicyclic) bond motifs is 1. The molecule has 4 heteroatoms. The van der Waals surface area contributed by atoms with Gasteiger partial charge in [-0.2, -0.15) is 0 Å². The fraction of sp³-hybridized carbons (Fsp3) is 0.125. The third-order valence-corrected chi connectivity index (χ3v) is 2.07. The molecule has 2 aromatic rings. The van der Waals surface area contributed by atoms with Crippen molar-refractivity contribution >= 4 is 21.6 Å². The summed E-state index contributed by atoms with van der Waals surface area (Å²) >= 11 is 3.32. The summed E-state index contributed by atoms with van der Waals surface area (Å²) in [5.41, 5.74) is 1.24. The van der Waals surface area contributed by atoms with Crippen molar-refractivity contribution in [1.82, 2.24) is 9.38 Å². The van der Waals surface area contributed by atoms with Gasteiger partial charge in [-0.1, -0.05) is 0 Å². The lowest BCUT2D eigenvalue weighted by atomic mass is 10.5. The molecule has 0 aromatic carbocycles. The quantitative estimate of drug-likeness (QED) is 0.734. The molecule has 0 aliphatic carbocycles. The lowest BCUT2D eigenvalue weighted by Gasteiger charge is -1.91. The number of aromatic nitrogens is 2. The van der Waals surface area contributed by atoms with Gasteiger partial charge in [0.2, 0.25) is 0 Å².